The average Bonchev–Trinajstić information content (AvgIpc) is 2.62. The van der Waals surface area contributed by atoms with Crippen molar-refractivity contribution in [1.82, 2.24) is 4.90 Å². The number of ether oxygens (including phenoxy) is 2. The van der Waals surface area contributed by atoms with E-state index < -0.39 is 0 Å². The Kier molecular flexibility index (Phi) is 5.11. The fraction of sp³-hybridized carbons (Fsp3) is 0.368. The molecule has 5 heteroatoms. The van der Waals surface area contributed by atoms with Crippen LogP contribution in [0.4, 0.5) is 11.4 Å². The minimum absolute atomic E-state index is 0.789. The van der Waals surface area contributed by atoms with Crippen LogP contribution in [0, 0.1) is 0 Å². The van der Waals surface area contributed by atoms with Gasteiger partial charge in [-0.2, -0.15) is 0 Å². The van der Waals surface area contributed by atoms with Crippen molar-refractivity contribution >= 4 is 11.4 Å². The number of nitrogens with zero attached hydrogens (tertiary/aromatic N) is 1. The molecule has 128 valence electrons. The number of nitrogens with one attached hydrogen (secondary N) is 1. The van der Waals surface area contributed by atoms with Gasteiger partial charge in [-0.25, -0.2) is 0 Å². The molecule has 0 fully saturated rings. The molecular weight excluding hydrogens is 302 g/mol. The first-order chi connectivity index (χ1) is 11.7. The monoisotopic (exact) mass is 327 g/mol. The van der Waals surface area contributed by atoms with Crippen molar-refractivity contribution in [3.63, 3.8) is 0 Å². The van der Waals surface area contributed by atoms with E-state index in [0.29, 0.717) is 0 Å². The van der Waals surface area contributed by atoms with Crippen molar-refractivity contribution in [1.29, 1.82) is 0 Å². The van der Waals surface area contributed by atoms with Crippen molar-refractivity contribution in [2.45, 2.75) is 13.0 Å². The van der Waals surface area contributed by atoms with E-state index in [2.05, 4.69) is 22.3 Å². The molecule has 1 aliphatic rings. The van der Waals surface area contributed by atoms with Gasteiger partial charge in [-0.15, -0.1) is 0 Å². The number of benzene rings is 2. The summed E-state index contributed by atoms with van der Waals surface area (Å²) >= 11 is 0. The van der Waals surface area contributed by atoms with Crippen molar-refractivity contribution in [3.8, 4) is 11.5 Å². The highest BCUT2D eigenvalue weighted by molar-refractivity contribution is 5.51. The van der Waals surface area contributed by atoms with Crippen LogP contribution in [0.15, 0.2) is 36.4 Å². The summed E-state index contributed by atoms with van der Waals surface area (Å²) < 4.78 is 10.8. The number of nitrogens with two attached hydrogens (primary N) is 1. The molecule has 0 radical (unpaired) electrons. The largest absolute Gasteiger partial charge is 0.493 e. The molecule has 0 saturated carbocycles. The Morgan fingerprint density at radius 1 is 1.04 bits per heavy atom. The smallest absolute Gasteiger partial charge is 0.161 e. The van der Waals surface area contributed by atoms with Gasteiger partial charge in [-0.1, -0.05) is 0 Å². The minimum Gasteiger partial charge on any atom is -0.493 e. The van der Waals surface area contributed by atoms with Crippen LogP contribution < -0.4 is 20.5 Å². The molecule has 0 aliphatic carbocycles. The van der Waals surface area contributed by atoms with Crippen LogP contribution in [0.2, 0.25) is 0 Å². The summed E-state index contributed by atoms with van der Waals surface area (Å²) in [7, 11) is 3.36. The van der Waals surface area contributed by atoms with Gasteiger partial charge < -0.3 is 20.5 Å². The molecule has 0 atom stereocenters. The standard InChI is InChI=1S/C19H25N3O2/c1-23-18-11-14-7-9-22(13-15(14)12-19(18)24-2)10-8-21-17-5-3-16(20)4-6-17/h3-6,11-12,21H,7-10,13,20H2,1-2H3. The van der Waals surface area contributed by atoms with Gasteiger partial charge in [-0.05, 0) is 53.9 Å². The zero-order valence-corrected chi connectivity index (χ0v) is 14.3. The van der Waals surface area contributed by atoms with Crippen molar-refractivity contribution in [2.24, 2.45) is 0 Å². The van der Waals surface area contributed by atoms with Gasteiger partial charge in [0, 0.05) is 37.6 Å². The average molecular weight is 327 g/mol. The highest BCUT2D eigenvalue weighted by Gasteiger charge is 2.19. The first kappa shape index (κ1) is 16.5. The summed E-state index contributed by atoms with van der Waals surface area (Å²) in [5.74, 6) is 1.62. The van der Waals surface area contributed by atoms with E-state index in [1.807, 2.05) is 24.3 Å². The van der Waals surface area contributed by atoms with Crippen LogP contribution >= 0.6 is 0 Å². The lowest BCUT2D eigenvalue weighted by molar-refractivity contribution is 0.262. The Labute approximate surface area is 143 Å². The van der Waals surface area contributed by atoms with Gasteiger partial charge in [0.2, 0.25) is 0 Å². The minimum atomic E-state index is 0.789. The molecule has 24 heavy (non-hydrogen) atoms. The Morgan fingerprint density at radius 3 is 2.38 bits per heavy atom. The summed E-state index contributed by atoms with van der Waals surface area (Å²) in [4.78, 5) is 2.46. The number of rotatable bonds is 6. The SMILES string of the molecule is COc1cc2c(cc1OC)CN(CCNc1ccc(N)cc1)CC2. The highest BCUT2D eigenvalue weighted by atomic mass is 16.5. The second-order valence-corrected chi connectivity index (χ2v) is 6.05. The number of methoxy groups -OCH3 is 2. The summed E-state index contributed by atoms with van der Waals surface area (Å²) in [6.45, 7) is 3.91. The third-order valence-electron chi connectivity index (χ3n) is 4.46. The van der Waals surface area contributed by atoms with Gasteiger partial charge in [0.05, 0.1) is 14.2 Å². The van der Waals surface area contributed by atoms with Gasteiger partial charge in [0.25, 0.3) is 0 Å². The number of anilines is 2. The van der Waals surface area contributed by atoms with Gasteiger partial charge >= 0.3 is 0 Å². The molecule has 2 aromatic carbocycles. The molecule has 1 aliphatic heterocycles. The second kappa shape index (κ2) is 7.45. The predicted octanol–water partition coefficient (Wildman–Crippen LogP) is 2.76. The van der Waals surface area contributed by atoms with Crippen LogP contribution in [0.3, 0.4) is 0 Å². The third-order valence-corrected chi connectivity index (χ3v) is 4.46. The van der Waals surface area contributed by atoms with Gasteiger partial charge in [0.1, 0.15) is 0 Å². The maximum absolute atomic E-state index is 5.71. The van der Waals surface area contributed by atoms with E-state index in [0.717, 1.165) is 55.5 Å². The predicted molar refractivity (Wildman–Crippen MR) is 97.9 cm³/mol. The topological polar surface area (TPSA) is 59.8 Å². The third kappa shape index (κ3) is 3.74. The Balaban J connectivity index is 1.57. The summed E-state index contributed by atoms with van der Waals surface area (Å²) in [5, 5.41) is 3.44. The fourth-order valence-electron chi connectivity index (χ4n) is 3.09. The maximum Gasteiger partial charge on any atom is 0.161 e. The summed E-state index contributed by atoms with van der Waals surface area (Å²) in [6.07, 6.45) is 1.04. The van der Waals surface area contributed by atoms with Gasteiger partial charge in [0.15, 0.2) is 11.5 Å². The first-order valence-corrected chi connectivity index (χ1v) is 8.25. The molecule has 1 heterocycles. The molecule has 0 spiro atoms. The summed E-state index contributed by atoms with van der Waals surface area (Å²) in [5.41, 5.74) is 10.3. The zero-order valence-electron chi connectivity index (χ0n) is 14.3. The van der Waals surface area contributed by atoms with E-state index in [1.165, 1.54) is 11.1 Å². The quantitative estimate of drug-likeness (QED) is 0.799. The van der Waals surface area contributed by atoms with E-state index in [4.69, 9.17) is 15.2 Å². The molecule has 0 aromatic heterocycles. The lowest BCUT2D eigenvalue weighted by Gasteiger charge is -2.29. The second-order valence-electron chi connectivity index (χ2n) is 6.05. The molecule has 0 saturated heterocycles. The van der Waals surface area contributed by atoms with Gasteiger partial charge in [-0.3, -0.25) is 4.90 Å². The maximum atomic E-state index is 5.71. The first-order valence-electron chi connectivity index (χ1n) is 8.25. The normalized spacial score (nSPS) is 14.1. The number of fused-ring (bicyclic) bond motifs is 1. The van der Waals surface area contributed by atoms with Crippen LogP contribution in [-0.4, -0.2) is 38.8 Å². The molecule has 2 aromatic rings. The molecule has 5 nitrogen and oxygen atoms in total. The lowest BCUT2D eigenvalue weighted by atomic mass is 9.99. The molecule has 3 N–H and O–H groups in total. The van der Waals surface area contributed by atoms with Crippen LogP contribution in [0.1, 0.15) is 11.1 Å². The van der Waals surface area contributed by atoms with E-state index in [-0.39, 0.29) is 0 Å². The molecular formula is C19H25N3O2. The molecule has 0 bridgehead atoms. The number of nitrogen functional groups attached to an aromatic ring is 1. The zero-order chi connectivity index (χ0) is 16.9. The Bertz CT molecular complexity index is 686. The molecule has 0 unspecified atom stereocenters. The van der Waals surface area contributed by atoms with Crippen molar-refractivity contribution in [2.75, 3.05) is 44.9 Å². The number of hydrogen-bond acceptors (Lipinski definition) is 5. The lowest BCUT2D eigenvalue weighted by Crippen LogP contribution is -2.34. The van der Waals surface area contributed by atoms with Crippen LogP contribution in [0.25, 0.3) is 0 Å². The van der Waals surface area contributed by atoms with Crippen molar-refractivity contribution < 1.29 is 9.47 Å². The van der Waals surface area contributed by atoms with Crippen molar-refractivity contribution in [3.05, 3.63) is 47.5 Å². The van der Waals surface area contributed by atoms with Crippen LogP contribution in [-0.2, 0) is 13.0 Å². The Morgan fingerprint density at radius 2 is 1.71 bits per heavy atom. The van der Waals surface area contributed by atoms with E-state index >= 15 is 0 Å². The van der Waals surface area contributed by atoms with E-state index in [9.17, 15) is 0 Å². The summed E-state index contributed by atoms with van der Waals surface area (Å²) in [6, 6.07) is 12.1. The van der Waals surface area contributed by atoms with E-state index in [1.54, 1.807) is 14.2 Å². The van der Waals surface area contributed by atoms with Crippen LogP contribution in [0.5, 0.6) is 11.5 Å². The molecule has 3 rings (SSSR count). The fourth-order valence-corrected chi connectivity index (χ4v) is 3.09. The Hall–Kier alpha value is -2.40. The molecule has 0 amide bonds. The number of hydrogen-bond donors (Lipinski definition) is 2. The highest BCUT2D eigenvalue weighted by Crippen LogP contribution is 2.33.